The smallest absolute Gasteiger partial charge is 0.201 e. The third-order valence-corrected chi connectivity index (χ3v) is 4.90. The average molecular weight is 359 g/mol. The highest BCUT2D eigenvalue weighted by molar-refractivity contribution is 6.07. The van der Waals surface area contributed by atoms with Crippen molar-refractivity contribution in [2.45, 2.75) is 45.1 Å². The molecule has 4 rings (SSSR count). The molecule has 5 nitrogen and oxygen atoms in total. The topological polar surface area (TPSA) is 62.2 Å². The van der Waals surface area contributed by atoms with E-state index in [-0.39, 0.29) is 0 Å². The van der Waals surface area contributed by atoms with Gasteiger partial charge in [0.05, 0.1) is 17.2 Å². The Bertz CT molecular complexity index is 930. The van der Waals surface area contributed by atoms with Crippen LogP contribution in [0.5, 0.6) is 0 Å². The molecular formula is C22H25N5. The SMILES string of the molecule is Cc1cc(NC(=NC2CCCCC2)Nc2ccccn2)c2ccccc2n1. The van der Waals surface area contributed by atoms with Gasteiger partial charge in [-0.1, -0.05) is 43.5 Å². The lowest BCUT2D eigenvalue weighted by molar-refractivity contribution is 0.443. The van der Waals surface area contributed by atoms with Crippen LogP contribution in [0.25, 0.3) is 10.9 Å². The van der Waals surface area contributed by atoms with Gasteiger partial charge in [0.1, 0.15) is 5.82 Å². The number of para-hydroxylation sites is 1. The maximum atomic E-state index is 5.00. The third-order valence-electron chi connectivity index (χ3n) is 4.90. The van der Waals surface area contributed by atoms with E-state index in [4.69, 9.17) is 4.99 Å². The molecule has 0 radical (unpaired) electrons. The van der Waals surface area contributed by atoms with E-state index in [1.807, 2.05) is 43.3 Å². The fourth-order valence-electron chi connectivity index (χ4n) is 3.59. The molecule has 1 fully saturated rings. The Hall–Kier alpha value is -2.95. The van der Waals surface area contributed by atoms with E-state index in [1.165, 1.54) is 19.3 Å². The Morgan fingerprint density at radius 2 is 1.81 bits per heavy atom. The molecule has 0 bridgehead atoms. The highest BCUT2D eigenvalue weighted by atomic mass is 15.2. The van der Waals surface area contributed by atoms with Gasteiger partial charge < -0.3 is 10.6 Å². The van der Waals surface area contributed by atoms with Crippen LogP contribution in [0.3, 0.4) is 0 Å². The van der Waals surface area contributed by atoms with Gasteiger partial charge in [-0.25, -0.2) is 9.98 Å². The van der Waals surface area contributed by atoms with Crippen LogP contribution in [0.4, 0.5) is 11.5 Å². The molecule has 0 atom stereocenters. The van der Waals surface area contributed by atoms with Crippen molar-refractivity contribution >= 4 is 28.4 Å². The fourth-order valence-corrected chi connectivity index (χ4v) is 3.59. The number of guanidine groups is 1. The first-order valence-electron chi connectivity index (χ1n) is 9.67. The normalized spacial score (nSPS) is 15.7. The van der Waals surface area contributed by atoms with Gasteiger partial charge in [0.15, 0.2) is 0 Å². The zero-order chi connectivity index (χ0) is 18.5. The van der Waals surface area contributed by atoms with E-state index >= 15 is 0 Å². The molecule has 1 saturated carbocycles. The number of aromatic nitrogens is 2. The van der Waals surface area contributed by atoms with Crippen LogP contribution < -0.4 is 10.6 Å². The molecular weight excluding hydrogens is 334 g/mol. The minimum absolute atomic E-state index is 0.353. The van der Waals surface area contributed by atoms with Gasteiger partial charge in [0.2, 0.25) is 5.96 Å². The molecule has 3 aromatic rings. The predicted molar refractivity (Wildman–Crippen MR) is 112 cm³/mol. The van der Waals surface area contributed by atoms with Crippen molar-refractivity contribution in [1.29, 1.82) is 0 Å². The summed E-state index contributed by atoms with van der Waals surface area (Å²) in [4.78, 5) is 14.0. The van der Waals surface area contributed by atoms with Crippen LogP contribution in [0.15, 0.2) is 59.7 Å². The zero-order valence-corrected chi connectivity index (χ0v) is 15.7. The van der Waals surface area contributed by atoms with Gasteiger partial charge in [0, 0.05) is 17.3 Å². The molecule has 0 saturated heterocycles. The lowest BCUT2D eigenvalue weighted by atomic mass is 9.96. The summed E-state index contributed by atoms with van der Waals surface area (Å²) in [6, 6.07) is 16.4. The van der Waals surface area contributed by atoms with Crippen molar-refractivity contribution < 1.29 is 0 Å². The Morgan fingerprint density at radius 1 is 1.00 bits per heavy atom. The molecule has 0 amide bonds. The largest absolute Gasteiger partial charge is 0.325 e. The fraction of sp³-hybridized carbons (Fsp3) is 0.318. The number of hydrogen-bond donors (Lipinski definition) is 2. The lowest BCUT2D eigenvalue weighted by Crippen LogP contribution is -2.26. The molecule has 1 aromatic carbocycles. The highest BCUT2D eigenvalue weighted by Crippen LogP contribution is 2.24. The number of pyridine rings is 2. The van der Waals surface area contributed by atoms with Crippen molar-refractivity contribution in [2.24, 2.45) is 4.99 Å². The van der Waals surface area contributed by atoms with Crippen molar-refractivity contribution in [3.8, 4) is 0 Å². The minimum atomic E-state index is 0.353. The predicted octanol–water partition coefficient (Wildman–Crippen LogP) is 5.15. The maximum Gasteiger partial charge on any atom is 0.201 e. The third kappa shape index (κ3) is 4.42. The van der Waals surface area contributed by atoms with Gasteiger partial charge in [-0.15, -0.1) is 0 Å². The Morgan fingerprint density at radius 3 is 2.63 bits per heavy atom. The first kappa shape index (κ1) is 17.5. The molecule has 1 aliphatic carbocycles. The van der Waals surface area contributed by atoms with Crippen LogP contribution in [-0.2, 0) is 0 Å². The van der Waals surface area contributed by atoms with Crippen LogP contribution in [0.1, 0.15) is 37.8 Å². The molecule has 138 valence electrons. The quantitative estimate of drug-likeness (QED) is 0.501. The second-order valence-corrected chi connectivity index (χ2v) is 7.06. The second-order valence-electron chi connectivity index (χ2n) is 7.06. The number of benzene rings is 1. The Kier molecular flexibility index (Phi) is 5.28. The maximum absolute atomic E-state index is 5.00. The van der Waals surface area contributed by atoms with E-state index in [0.717, 1.165) is 46.9 Å². The monoisotopic (exact) mass is 359 g/mol. The van der Waals surface area contributed by atoms with Crippen molar-refractivity contribution in [1.82, 2.24) is 9.97 Å². The van der Waals surface area contributed by atoms with Gasteiger partial charge in [-0.3, -0.25) is 4.98 Å². The van der Waals surface area contributed by atoms with Crippen LogP contribution >= 0.6 is 0 Å². The number of nitrogens with zero attached hydrogens (tertiary/aromatic N) is 3. The second kappa shape index (κ2) is 8.16. The number of aliphatic imine (C=N–C) groups is 1. The summed E-state index contributed by atoms with van der Waals surface area (Å²) in [5.41, 5.74) is 2.97. The van der Waals surface area contributed by atoms with Gasteiger partial charge in [-0.2, -0.15) is 0 Å². The van der Waals surface area contributed by atoms with Crippen LogP contribution in [0, 0.1) is 6.92 Å². The molecule has 0 unspecified atom stereocenters. The highest BCUT2D eigenvalue weighted by Gasteiger charge is 2.15. The molecule has 5 heteroatoms. The summed E-state index contributed by atoms with van der Waals surface area (Å²) in [5, 5.41) is 7.97. The standard InChI is InChI=1S/C22H25N5/c1-16-15-20(18-11-5-6-12-19(18)24-16)26-22(25-17-9-3-2-4-10-17)27-21-13-7-8-14-23-21/h5-8,11-15,17H,2-4,9-10H2,1H3,(H2,23,24,25,26,27). The molecule has 0 aliphatic heterocycles. The van der Waals surface area contributed by atoms with Gasteiger partial charge in [0.25, 0.3) is 0 Å². The lowest BCUT2D eigenvalue weighted by Gasteiger charge is -2.21. The number of aryl methyl sites for hydroxylation is 1. The number of rotatable bonds is 3. The van der Waals surface area contributed by atoms with E-state index in [0.29, 0.717) is 6.04 Å². The molecule has 27 heavy (non-hydrogen) atoms. The summed E-state index contributed by atoms with van der Waals surface area (Å²) in [5.74, 6) is 1.53. The number of fused-ring (bicyclic) bond motifs is 1. The number of hydrogen-bond acceptors (Lipinski definition) is 3. The molecule has 2 N–H and O–H groups in total. The summed E-state index contributed by atoms with van der Waals surface area (Å²) in [7, 11) is 0. The van der Waals surface area contributed by atoms with Crippen molar-refractivity contribution in [2.75, 3.05) is 10.6 Å². The average Bonchev–Trinajstić information content (AvgIpc) is 2.69. The van der Waals surface area contributed by atoms with E-state index in [9.17, 15) is 0 Å². The van der Waals surface area contributed by atoms with Gasteiger partial charge >= 0.3 is 0 Å². The summed E-state index contributed by atoms with van der Waals surface area (Å²) in [6.45, 7) is 2.02. The number of nitrogens with one attached hydrogen (secondary N) is 2. The minimum Gasteiger partial charge on any atom is -0.325 e. The van der Waals surface area contributed by atoms with E-state index in [2.05, 4.69) is 32.7 Å². The van der Waals surface area contributed by atoms with Crippen molar-refractivity contribution in [3.05, 3.63) is 60.4 Å². The first-order valence-corrected chi connectivity index (χ1v) is 9.67. The Labute approximate surface area is 160 Å². The van der Waals surface area contributed by atoms with Crippen molar-refractivity contribution in [3.63, 3.8) is 0 Å². The summed E-state index contributed by atoms with van der Waals surface area (Å²) >= 11 is 0. The molecule has 1 aliphatic rings. The number of anilines is 2. The Balaban J connectivity index is 1.67. The van der Waals surface area contributed by atoms with E-state index in [1.54, 1.807) is 6.20 Å². The molecule has 2 heterocycles. The molecule has 0 spiro atoms. The van der Waals surface area contributed by atoms with Crippen LogP contribution in [0.2, 0.25) is 0 Å². The molecule has 2 aromatic heterocycles. The zero-order valence-electron chi connectivity index (χ0n) is 15.7. The van der Waals surface area contributed by atoms with E-state index < -0.39 is 0 Å². The van der Waals surface area contributed by atoms with Crippen LogP contribution in [-0.4, -0.2) is 22.0 Å². The summed E-state index contributed by atoms with van der Waals surface area (Å²) in [6.07, 6.45) is 7.89. The van der Waals surface area contributed by atoms with Gasteiger partial charge in [-0.05, 0) is 44.0 Å². The summed E-state index contributed by atoms with van der Waals surface area (Å²) < 4.78 is 0. The first-order chi connectivity index (χ1) is 13.3.